The molecule has 0 saturated carbocycles. The van der Waals surface area contributed by atoms with Crippen molar-refractivity contribution in [3.8, 4) is 123 Å². The third-order valence-corrected chi connectivity index (χ3v) is 31.2. The van der Waals surface area contributed by atoms with Crippen molar-refractivity contribution >= 4 is 190 Å². The van der Waals surface area contributed by atoms with Gasteiger partial charge in [-0.3, -0.25) is 0 Å². The number of aromatic nitrogens is 1. The first-order valence-corrected chi connectivity index (χ1v) is 44.0. The molecule has 24 aromatic rings. The predicted molar refractivity (Wildman–Crippen MR) is 507 cm³/mol. The van der Waals surface area contributed by atoms with E-state index in [1.54, 1.807) is 0 Å². The van der Waals surface area contributed by atoms with Gasteiger partial charge in [0.15, 0.2) is 0 Å². The van der Waals surface area contributed by atoms with Crippen molar-refractivity contribution < 1.29 is 0 Å². The molecule has 1 nitrogen and oxygen atoms in total. The molecule has 4 aliphatic rings. The van der Waals surface area contributed by atoms with Crippen LogP contribution in [0.1, 0.15) is 25.0 Å². The van der Waals surface area contributed by atoms with Crippen LogP contribution in [0.15, 0.2) is 346 Å². The van der Waals surface area contributed by atoms with Crippen LogP contribution in [0.4, 0.5) is 0 Å². The second-order valence-corrected chi connectivity index (χ2v) is 37.4. The van der Waals surface area contributed by atoms with Gasteiger partial charge in [-0.05, 0) is 212 Å². The standard InChI is InChI=1S/C40H22S2.C37H24S.C33H17NS2/c1-2-10-23(11-3-1)24-12-4-5-13-25(24)26-14-6-7-15-27(26)31-22-35-40-37-29(17-9-19-33(37)42-35)28-16-8-18-32-36(28)39-34(41-32)21-20-30(31)38(39)40;1-37(2)28-15-7-13-24-25-14-8-16-30-33(25)36-31(38-30)20-27(26-17-18-29(37)35(32(24)28)34(26)36)23-12-6-11-22(19-23)21-9-4-3-5-10-21;1-2-7-18(8-3-1)23-11-6-12-24(34-23)22-17-28-33-30-20(10-5-14-26(30)36-28)19-9-4-13-25-29(19)32-27(35-25)16-15-21(22)31(32)33/h1-22H;3-20H,1-2H3;1-17H. The molecule has 28 rings (SSSR count). The summed E-state index contributed by atoms with van der Waals surface area (Å²) in [6.45, 7) is 4.79. The van der Waals surface area contributed by atoms with Crippen LogP contribution in [-0.4, -0.2) is 4.98 Å². The molecule has 6 aromatic heterocycles. The highest BCUT2D eigenvalue weighted by Crippen LogP contribution is 2.62. The minimum atomic E-state index is -0.0220. The topological polar surface area (TPSA) is 12.9 Å². The lowest BCUT2D eigenvalue weighted by Crippen LogP contribution is -2.14. The third-order valence-electron chi connectivity index (χ3n) is 25.6. The zero-order valence-electron chi connectivity index (χ0n) is 62.9. The summed E-state index contributed by atoms with van der Waals surface area (Å²) in [6.07, 6.45) is 0. The first kappa shape index (κ1) is 65.4. The highest BCUT2D eigenvalue weighted by molar-refractivity contribution is 7.28. The molecule has 0 radical (unpaired) electrons. The monoisotopic (exact) mass is 1560 g/mol. The Labute approximate surface area is 687 Å². The van der Waals surface area contributed by atoms with E-state index in [0.717, 1.165) is 17.0 Å². The van der Waals surface area contributed by atoms with E-state index in [1.807, 2.05) is 56.7 Å². The maximum Gasteiger partial charge on any atom is 0.0716 e. The van der Waals surface area contributed by atoms with Gasteiger partial charge in [-0.25, -0.2) is 4.98 Å². The highest BCUT2D eigenvalue weighted by atomic mass is 32.1. The first-order valence-electron chi connectivity index (χ1n) is 39.9. The second-order valence-electron chi connectivity index (χ2n) is 32.0. The molecule has 6 heteroatoms. The molecule has 0 saturated heterocycles. The summed E-state index contributed by atoms with van der Waals surface area (Å²) < 4.78 is 13.7. The number of thiophene rings is 5. The molecule has 0 spiro atoms. The van der Waals surface area contributed by atoms with Gasteiger partial charge >= 0.3 is 0 Å². The van der Waals surface area contributed by atoms with Crippen molar-refractivity contribution in [3.05, 3.63) is 357 Å². The molecular weight excluding hydrogens is 1500 g/mol. The Bertz CT molecular complexity index is 8420. The lowest BCUT2D eigenvalue weighted by molar-refractivity contribution is 0.661. The predicted octanol–water partition coefficient (Wildman–Crippen LogP) is 33.7. The van der Waals surface area contributed by atoms with Gasteiger partial charge in [-0.15, -0.1) is 56.7 Å². The minimum Gasteiger partial charge on any atom is -0.248 e. The molecule has 0 unspecified atom stereocenters. The Morgan fingerprint density at radius 3 is 1.09 bits per heavy atom. The Balaban J connectivity index is 0.0000000955. The molecular formula is C110H63NS5. The summed E-state index contributed by atoms with van der Waals surface area (Å²) in [7, 11) is 0. The average Bonchev–Trinajstić information content (AvgIpc) is 1.52. The van der Waals surface area contributed by atoms with Crippen LogP contribution < -0.4 is 0 Å². The maximum atomic E-state index is 5.17. The van der Waals surface area contributed by atoms with Gasteiger partial charge in [0.25, 0.3) is 0 Å². The summed E-state index contributed by atoms with van der Waals surface area (Å²) in [6, 6.07) is 128. The number of benzene rings is 18. The van der Waals surface area contributed by atoms with E-state index in [0.29, 0.717) is 0 Å². The number of pyridine rings is 1. The summed E-state index contributed by atoms with van der Waals surface area (Å²) >= 11 is 9.62. The molecule has 4 aliphatic carbocycles. The van der Waals surface area contributed by atoms with Crippen molar-refractivity contribution in [2.45, 2.75) is 19.3 Å². The van der Waals surface area contributed by atoms with Crippen LogP contribution >= 0.6 is 56.7 Å². The van der Waals surface area contributed by atoms with Crippen LogP contribution in [-0.2, 0) is 5.41 Å². The highest BCUT2D eigenvalue weighted by Gasteiger charge is 2.41. The molecule has 0 amide bonds. The van der Waals surface area contributed by atoms with Gasteiger partial charge in [-0.2, -0.15) is 0 Å². The minimum absolute atomic E-state index is 0.0220. The smallest absolute Gasteiger partial charge is 0.0716 e. The average molecular weight is 1560 g/mol. The van der Waals surface area contributed by atoms with Crippen molar-refractivity contribution in [1.29, 1.82) is 0 Å². The van der Waals surface area contributed by atoms with Crippen LogP contribution in [0, 0.1) is 0 Å². The molecule has 0 aliphatic heterocycles. The Hall–Kier alpha value is -13.0. The Morgan fingerprint density at radius 2 is 0.526 bits per heavy atom. The van der Waals surface area contributed by atoms with Crippen LogP contribution in [0.2, 0.25) is 0 Å². The maximum absolute atomic E-state index is 5.17. The fourth-order valence-electron chi connectivity index (χ4n) is 20.7. The lowest BCUT2D eigenvalue weighted by atomic mass is 9.80. The molecule has 116 heavy (non-hydrogen) atoms. The van der Waals surface area contributed by atoms with Gasteiger partial charge in [0.05, 0.1) is 11.4 Å². The lowest BCUT2D eigenvalue weighted by Gasteiger charge is -2.22. The van der Waals surface area contributed by atoms with Crippen molar-refractivity contribution in [2.75, 3.05) is 0 Å². The van der Waals surface area contributed by atoms with Gasteiger partial charge in [0.1, 0.15) is 0 Å². The van der Waals surface area contributed by atoms with Crippen LogP contribution in [0.3, 0.4) is 0 Å². The van der Waals surface area contributed by atoms with Crippen molar-refractivity contribution in [1.82, 2.24) is 4.98 Å². The van der Waals surface area contributed by atoms with Crippen LogP contribution in [0.5, 0.6) is 0 Å². The second kappa shape index (κ2) is 24.5. The van der Waals surface area contributed by atoms with Crippen molar-refractivity contribution in [3.63, 3.8) is 0 Å². The number of nitrogens with zero attached hydrogens (tertiary/aromatic N) is 1. The van der Waals surface area contributed by atoms with Gasteiger partial charge < -0.3 is 0 Å². The van der Waals surface area contributed by atoms with Gasteiger partial charge in [0.2, 0.25) is 0 Å². The van der Waals surface area contributed by atoms with E-state index in [-0.39, 0.29) is 5.41 Å². The molecule has 0 bridgehead atoms. The third kappa shape index (κ3) is 9.16. The van der Waals surface area contributed by atoms with E-state index >= 15 is 0 Å². The van der Waals surface area contributed by atoms with Crippen molar-refractivity contribution in [2.24, 2.45) is 0 Å². The normalized spacial score (nSPS) is 13.0. The molecule has 6 heterocycles. The van der Waals surface area contributed by atoms with E-state index in [1.165, 1.54) is 250 Å². The van der Waals surface area contributed by atoms with E-state index in [4.69, 9.17) is 4.98 Å². The SMILES string of the molecule is CC1(C)c2cccc3c2-c2c1ccc1c(-c4cccc(-c5ccccc5)c4)cc4sc5cccc-3c5c4c21.c1ccc(-c2cccc(-c3cc4sc5cccc6c5c4c4c3ccc3sc5cccc-6c5c34)n2)cc1.c1ccc(-c2ccccc2-c2ccccc2-c2cc3sc4cccc5c4c3c3c2ccc2sc4cccc-5c4c23)cc1. The first-order chi connectivity index (χ1) is 57.3. The molecule has 18 aromatic carbocycles. The quantitative estimate of drug-likeness (QED) is 0.155. The summed E-state index contributed by atoms with van der Waals surface area (Å²) in [5, 5.41) is 22.4. The zero-order valence-corrected chi connectivity index (χ0v) is 67.0. The Morgan fingerprint density at radius 1 is 0.181 bits per heavy atom. The molecule has 0 atom stereocenters. The number of hydrogen-bond donors (Lipinski definition) is 0. The number of fused-ring (bicyclic) bond motifs is 3. The fourth-order valence-corrected chi connectivity index (χ4v) is 26.6. The fraction of sp³-hybridized carbons (Fsp3) is 0.0273. The van der Waals surface area contributed by atoms with Crippen LogP contribution in [0.25, 0.3) is 256 Å². The summed E-state index contributed by atoms with van der Waals surface area (Å²) in [4.78, 5) is 5.17. The van der Waals surface area contributed by atoms with E-state index < -0.39 is 0 Å². The largest absolute Gasteiger partial charge is 0.248 e. The number of rotatable bonds is 7. The number of hydrogen-bond acceptors (Lipinski definition) is 6. The zero-order chi connectivity index (χ0) is 75.9. The Kier molecular flexibility index (Phi) is 13.8. The summed E-state index contributed by atoms with van der Waals surface area (Å²) in [5.41, 5.74) is 31.1. The van der Waals surface area contributed by atoms with Gasteiger partial charge in [-0.1, -0.05) is 281 Å². The molecule has 0 N–H and O–H groups in total. The van der Waals surface area contributed by atoms with E-state index in [2.05, 4.69) is 360 Å². The van der Waals surface area contributed by atoms with E-state index in [9.17, 15) is 0 Å². The summed E-state index contributed by atoms with van der Waals surface area (Å²) in [5.74, 6) is 0. The molecule has 538 valence electrons. The molecule has 0 fully saturated rings. The van der Waals surface area contributed by atoms with Gasteiger partial charge in [0, 0.05) is 128 Å².